The third-order valence-corrected chi connectivity index (χ3v) is 3.92. The second-order valence-electron chi connectivity index (χ2n) is 5.28. The van der Waals surface area contributed by atoms with E-state index in [1.165, 1.54) is 0 Å². The third kappa shape index (κ3) is 3.70. The first-order chi connectivity index (χ1) is 9.10. The van der Waals surface area contributed by atoms with Gasteiger partial charge >= 0.3 is 0 Å². The molecule has 0 aromatic carbocycles. The van der Waals surface area contributed by atoms with Crippen LogP contribution in [0, 0.1) is 5.92 Å². The van der Waals surface area contributed by atoms with Gasteiger partial charge in [-0.15, -0.1) is 0 Å². The number of piperidine rings is 1. The summed E-state index contributed by atoms with van der Waals surface area (Å²) in [6, 6.07) is 0.192. The molecule has 0 saturated carbocycles. The number of nitrogens with two attached hydrogens (primary N) is 1. The van der Waals surface area contributed by atoms with Crippen molar-refractivity contribution in [2.24, 2.45) is 11.7 Å². The van der Waals surface area contributed by atoms with Crippen molar-refractivity contribution in [3.8, 4) is 0 Å². The molecular weight excluding hydrogens is 264 g/mol. The second kappa shape index (κ2) is 6.39. The zero-order chi connectivity index (χ0) is 13.8. The van der Waals surface area contributed by atoms with Crippen LogP contribution in [0.2, 0.25) is 5.02 Å². The standard InChI is InChI=1S/C13H21ClN4O/c1-10-2-5-18(12(6-10)7-15)13(19)3-4-17-9-11(14)8-16-17/h8-10,12H,2-7,15H2,1H3. The minimum Gasteiger partial charge on any atom is -0.338 e. The highest BCUT2D eigenvalue weighted by Gasteiger charge is 2.28. The topological polar surface area (TPSA) is 64.2 Å². The number of hydrogen-bond donors (Lipinski definition) is 1. The van der Waals surface area contributed by atoms with Gasteiger partial charge in [0.05, 0.1) is 11.2 Å². The van der Waals surface area contributed by atoms with Gasteiger partial charge in [-0.2, -0.15) is 5.10 Å². The smallest absolute Gasteiger partial charge is 0.224 e. The van der Waals surface area contributed by atoms with Gasteiger partial charge < -0.3 is 10.6 Å². The van der Waals surface area contributed by atoms with E-state index in [2.05, 4.69) is 12.0 Å². The molecule has 106 valence electrons. The Morgan fingerprint density at radius 3 is 3.05 bits per heavy atom. The Hall–Kier alpha value is -1.07. The van der Waals surface area contributed by atoms with Gasteiger partial charge in [-0.05, 0) is 18.8 Å². The Balaban J connectivity index is 1.88. The Kier molecular flexibility index (Phi) is 4.82. The van der Waals surface area contributed by atoms with E-state index in [4.69, 9.17) is 17.3 Å². The van der Waals surface area contributed by atoms with E-state index < -0.39 is 0 Å². The van der Waals surface area contributed by atoms with Crippen molar-refractivity contribution in [1.82, 2.24) is 14.7 Å². The lowest BCUT2D eigenvalue weighted by Crippen LogP contribution is -2.49. The molecule has 1 saturated heterocycles. The van der Waals surface area contributed by atoms with E-state index >= 15 is 0 Å². The number of rotatable bonds is 4. The summed E-state index contributed by atoms with van der Waals surface area (Å²) in [5.41, 5.74) is 5.78. The summed E-state index contributed by atoms with van der Waals surface area (Å²) in [5.74, 6) is 0.816. The number of hydrogen-bond acceptors (Lipinski definition) is 3. The van der Waals surface area contributed by atoms with E-state index in [1.54, 1.807) is 17.1 Å². The van der Waals surface area contributed by atoms with Crippen molar-refractivity contribution in [3.05, 3.63) is 17.4 Å². The lowest BCUT2D eigenvalue weighted by atomic mass is 9.92. The molecule has 1 amide bonds. The van der Waals surface area contributed by atoms with E-state index in [9.17, 15) is 4.79 Å². The number of likely N-dealkylation sites (tertiary alicyclic amines) is 1. The quantitative estimate of drug-likeness (QED) is 0.911. The molecule has 2 unspecified atom stereocenters. The zero-order valence-electron chi connectivity index (χ0n) is 11.3. The van der Waals surface area contributed by atoms with E-state index in [0.29, 0.717) is 30.5 Å². The summed E-state index contributed by atoms with van der Waals surface area (Å²) in [6.07, 6.45) is 5.83. The maximum Gasteiger partial charge on any atom is 0.224 e. The predicted molar refractivity (Wildman–Crippen MR) is 74.8 cm³/mol. The first-order valence-corrected chi connectivity index (χ1v) is 7.15. The molecule has 0 radical (unpaired) electrons. The normalized spacial score (nSPS) is 23.6. The minimum absolute atomic E-state index is 0.161. The highest BCUT2D eigenvalue weighted by molar-refractivity contribution is 6.30. The molecule has 1 fully saturated rings. The van der Waals surface area contributed by atoms with Crippen LogP contribution in [0.3, 0.4) is 0 Å². The van der Waals surface area contributed by atoms with Crippen LogP contribution in [-0.2, 0) is 11.3 Å². The van der Waals surface area contributed by atoms with Gasteiger partial charge in [0, 0.05) is 38.3 Å². The Bertz CT molecular complexity index is 434. The lowest BCUT2D eigenvalue weighted by molar-refractivity contribution is -0.135. The maximum absolute atomic E-state index is 12.3. The molecule has 1 aliphatic rings. The third-order valence-electron chi connectivity index (χ3n) is 3.73. The highest BCUT2D eigenvalue weighted by atomic mass is 35.5. The van der Waals surface area contributed by atoms with Gasteiger partial charge in [-0.3, -0.25) is 9.48 Å². The van der Waals surface area contributed by atoms with Gasteiger partial charge in [0.15, 0.2) is 0 Å². The largest absolute Gasteiger partial charge is 0.338 e. The average molecular weight is 285 g/mol. The fourth-order valence-electron chi connectivity index (χ4n) is 2.62. The summed E-state index contributed by atoms with van der Waals surface area (Å²) >= 11 is 5.79. The molecule has 2 rings (SSSR count). The van der Waals surface area contributed by atoms with Crippen LogP contribution in [0.5, 0.6) is 0 Å². The number of aromatic nitrogens is 2. The number of carbonyl (C=O) groups excluding carboxylic acids is 1. The fourth-order valence-corrected chi connectivity index (χ4v) is 2.77. The number of nitrogens with zero attached hydrogens (tertiary/aromatic N) is 3. The Morgan fingerprint density at radius 1 is 1.63 bits per heavy atom. The summed E-state index contributed by atoms with van der Waals surface area (Å²) in [5, 5.41) is 4.67. The molecular formula is C13H21ClN4O. The van der Waals surface area contributed by atoms with Crippen LogP contribution in [0.4, 0.5) is 0 Å². The number of aryl methyl sites for hydroxylation is 1. The molecule has 19 heavy (non-hydrogen) atoms. The molecule has 1 aromatic rings. The molecule has 5 nitrogen and oxygen atoms in total. The first kappa shape index (κ1) is 14.3. The van der Waals surface area contributed by atoms with Gasteiger partial charge in [-0.25, -0.2) is 0 Å². The van der Waals surface area contributed by atoms with Crippen molar-refractivity contribution in [2.45, 2.75) is 38.8 Å². The van der Waals surface area contributed by atoms with Crippen LogP contribution in [0.1, 0.15) is 26.2 Å². The van der Waals surface area contributed by atoms with Crippen LogP contribution < -0.4 is 5.73 Å². The molecule has 2 heterocycles. The van der Waals surface area contributed by atoms with Crippen molar-refractivity contribution >= 4 is 17.5 Å². The fraction of sp³-hybridized carbons (Fsp3) is 0.692. The Labute approximate surface area is 118 Å². The van der Waals surface area contributed by atoms with E-state index in [1.807, 2.05) is 4.90 Å². The molecule has 2 N–H and O–H groups in total. The average Bonchev–Trinajstić information content (AvgIpc) is 2.81. The van der Waals surface area contributed by atoms with E-state index in [0.717, 1.165) is 19.4 Å². The number of carbonyl (C=O) groups is 1. The zero-order valence-corrected chi connectivity index (χ0v) is 12.0. The summed E-state index contributed by atoms with van der Waals surface area (Å²) in [4.78, 5) is 14.2. The van der Waals surface area contributed by atoms with E-state index in [-0.39, 0.29) is 11.9 Å². The molecule has 6 heteroatoms. The Morgan fingerprint density at radius 2 is 2.42 bits per heavy atom. The summed E-state index contributed by atoms with van der Waals surface area (Å²) in [7, 11) is 0. The number of halogens is 1. The lowest BCUT2D eigenvalue weighted by Gasteiger charge is -2.38. The molecule has 0 bridgehead atoms. The summed E-state index contributed by atoms with van der Waals surface area (Å²) in [6.45, 7) is 4.15. The van der Waals surface area contributed by atoms with Crippen LogP contribution in [0.15, 0.2) is 12.4 Å². The maximum atomic E-state index is 12.3. The molecule has 0 aliphatic carbocycles. The molecule has 0 spiro atoms. The number of amides is 1. The van der Waals surface area contributed by atoms with Crippen LogP contribution in [0.25, 0.3) is 0 Å². The van der Waals surface area contributed by atoms with Gasteiger partial charge in [-0.1, -0.05) is 18.5 Å². The second-order valence-corrected chi connectivity index (χ2v) is 5.71. The summed E-state index contributed by atoms with van der Waals surface area (Å²) < 4.78 is 1.70. The molecule has 2 atom stereocenters. The first-order valence-electron chi connectivity index (χ1n) is 6.77. The van der Waals surface area contributed by atoms with Crippen molar-refractivity contribution in [1.29, 1.82) is 0 Å². The van der Waals surface area contributed by atoms with Gasteiger partial charge in [0.1, 0.15) is 0 Å². The molecule has 1 aliphatic heterocycles. The van der Waals surface area contributed by atoms with Crippen LogP contribution in [-0.4, -0.2) is 39.7 Å². The molecule has 1 aromatic heterocycles. The van der Waals surface area contributed by atoms with Crippen molar-refractivity contribution < 1.29 is 4.79 Å². The monoisotopic (exact) mass is 284 g/mol. The van der Waals surface area contributed by atoms with Crippen LogP contribution >= 0.6 is 11.6 Å². The minimum atomic E-state index is 0.161. The van der Waals surface area contributed by atoms with Gasteiger partial charge in [0.2, 0.25) is 5.91 Å². The van der Waals surface area contributed by atoms with Gasteiger partial charge in [0.25, 0.3) is 0 Å². The van der Waals surface area contributed by atoms with Crippen molar-refractivity contribution in [2.75, 3.05) is 13.1 Å². The highest BCUT2D eigenvalue weighted by Crippen LogP contribution is 2.22. The SMILES string of the molecule is CC1CCN(C(=O)CCn2cc(Cl)cn2)C(CN)C1. The predicted octanol–water partition coefficient (Wildman–Crippen LogP) is 1.51. The van der Waals surface area contributed by atoms with Crippen molar-refractivity contribution in [3.63, 3.8) is 0 Å².